The van der Waals surface area contributed by atoms with Crippen LogP contribution >= 0.6 is 0 Å². The third-order valence-electron chi connectivity index (χ3n) is 3.57. The minimum absolute atomic E-state index is 0.152. The summed E-state index contributed by atoms with van der Waals surface area (Å²) >= 11 is 0. The average molecular weight is 220 g/mol. The van der Waals surface area contributed by atoms with Crippen molar-refractivity contribution >= 4 is 5.69 Å². The van der Waals surface area contributed by atoms with Gasteiger partial charge in [0.25, 0.3) is 5.69 Å². The molecule has 0 saturated heterocycles. The second kappa shape index (κ2) is 4.22. The van der Waals surface area contributed by atoms with Crippen molar-refractivity contribution in [1.82, 2.24) is 0 Å². The molecule has 2 N–H and O–H groups in total. The van der Waals surface area contributed by atoms with Crippen molar-refractivity contribution in [2.24, 2.45) is 11.1 Å². The quantitative estimate of drug-likeness (QED) is 0.625. The largest absolute Gasteiger partial charge is 0.330 e. The van der Waals surface area contributed by atoms with Crippen LogP contribution in [0.1, 0.15) is 24.8 Å². The number of nitrogens with two attached hydrogens (primary N) is 1. The molecule has 0 unspecified atom stereocenters. The molecule has 0 bridgehead atoms. The van der Waals surface area contributed by atoms with Crippen LogP contribution in [0, 0.1) is 15.5 Å². The van der Waals surface area contributed by atoms with Gasteiger partial charge in [-0.05, 0) is 36.8 Å². The summed E-state index contributed by atoms with van der Waals surface area (Å²) in [7, 11) is 0. The Morgan fingerprint density at radius 3 is 2.31 bits per heavy atom. The van der Waals surface area contributed by atoms with Gasteiger partial charge in [0.1, 0.15) is 0 Å². The number of rotatable bonds is 4. The van der Waals surface area contributed by atoms with Gasteiger partial charge in [-0.15, -0.1) is 0 Å². The smallest absolute Gasteiger partial charge is 0.269 e. The van der Waals surface area contributed by atoms with Gasteiger partial charge in [-0.2, -0.15) is 0 Å². The third kappa shape index (κ3) is 2.07. The van der Waals surface area contributed by atoms with Crippen molar-refractivity contribution in [3.05, 3.63) is 39.9 Å². The van der Waals surface area contributed by atoms with Crippen LogP contribution in [-0.2, 0) is 6.42 Å². The van der Waals surface area contributed by atoms with Crippen LogP contribution in [0.3, 0.4) is 0 Å². The summed E-state index contributed by atoms with van der Waals surface area (Å²) in [5, 5.41) is 10.5. The van der Waals surface area contributed by atoms with Crippen LogP contribution in [0.5, 0.6) is 0 Å². The van der Waals surface area contributed by atoms with E-state index in [0.29, 0.717) is 6.54 Å². The van der Waals surface area contributed by atoms with Crippen molar-refractivity contribution in [1.29, 1.82) is 0 Å². The zero-order valence-electron chi connectivity index (χ0n) is 9.19. The van der Waals surface area contributed by atoms with E-state index >= 15 is 0 Å². The summed E-state index contributed by atoms with van der Waals surface area (Å²) in [6.07, 6.45) is 4.56. The number of nitrogens with zero attached hydrogens (tertiary/aromatic N) is 1. The van der Waals surface area contributed by atoms with Gasteiger partial charge in [-0.3, -0.25) is 10.1 Å². The van der Waals surface area contributed by atoms with Crippen LogP contribution in [0.4, 0.5) is 5.69 Å². The second-order valence-corrected chi connectivity index (χ2v) is 4.66. The summed E-state index contributed by atoms with van der Waals surface area (Å²) < 4.78 is 0. The Labute approximate surface area is 94.6 Å². The molecule has 0 radical (unpaired) electrons. The summed E-state index contributed by atoms with van der Waals surface area (Å²) in [6.45, 7) is 0.712. The molecule has 0 aromatic heterocycles. The number of hydrogen-bond acceptors (Lipinski definition) is 3. The minimum atomic E-state index is -0.369. The Hall–Kier alpha value is -1.42. The van der Waals surface area contributed by atoms with Gasteiger partial charge in [0.05, 0.1) is 4.92 Å². The van der Waals surface area contributed by atoms with Crippen LogP contribution in [0.25, 0.3) is 0 Å². The fourth-order valence-corrected chi connectivity index (χ4v) is 2.30. The zero-order chi connectivity index (χ0) is 11.6. The highest BCUT2D eigenvalue weighted by Crippen LogP contribution is 2.42. The van der Waals surface area contributed by atoms with E-state index in [1.165, 1.54) is 19.3 Å². The lowest BCUT2D eigenvalue weighted by Crippen LogP contribution is -2.39. The van der Waals surface area contributed by atoms with E-state index in [2.05, 4.69) is 0 Å². The van der Waals surface area contributed by atoms with Crippen LogP contribution in [0.15, 0.2) is 24.3 Å². The molecule has 1 fully saturated rings. The Balaban J connectivity index is 2.07. The molecule has 4 nitrogen and oxygen atoms in total. The summed E-state index contributed by atoms with van der Waals surface area (Å²) in [4.78, 5) is 10.1. The van der Waals surface area contributed by atoms with Crippen molar-refractivity contribution in [3.8, 4) is 0 Å². The van der Waals surface area contributed by atoms with E-state index in [4.69, 9.17) is 5.73 Å². The predicted molar refractivity (Wildman–Crippen MR) is 62.1 cm³/mol. The van der Waals surface area contributed by atoms with Gasteiger partial charge in [-0.25, -0.2) is 0 Å². The molecular weight excluding hydrogens is 204 g/mol. The molecule has 0 aliphatic heterocycles. The predicted octanol–water partition coefficient (Wildman–Crippen LogP) is 2.27. The van der Waals surface area contributed by atoms with Gasteiger partial charge in [0.15, 0.2) is 0 Å². The van der Waals surface area contributed by atoms with E-state index in [0.717, 1.165) is 12.0 Å². The van der Waals surface area contributed by atoms with Crippen LogP contribution in [0.2, 0.25) is 0 Å². The van der Waals surface area contributed by atoms with Gasteiger partial charge < -0.3 is 5.73 Å². The number of hydrogen-bond donors (Lipinski definition) is 1. The fourth-order valence-electron chi connectivity index (χ4n) is 2.30. The maximum atomic E-state index is 10.5. The molecule has 0 amide bonds. The van der Waals surface area contributed by atoms with Crippen molar-refractivity contribution < 1.29 is 4.92 Å². The van der Waals surface area contributed by atoms with Crippen LogP contribution in [-0.4, -0.2) is 11.5 Å². The molecule has 1 aliphatic carbocycles. The zero-order valence-corrected chi connectivity index (χ0v) is 9.19. The van der Waals surface area contributed by atoms with Gasteiger partial charge in [0, 0.05) is 12.1 Å². The van der Waals surface area contributed by atoms with E-state index in [1.54, 1.807) is 12.1 Å². The first kappa shape index (κ1) is 11.1. The number of nitro groups is 1. The lowest BCUT2D eigenvalue weighted by atomic mass is 9.65. The van der Waals surface area contributed by atoms with Crippen molar-refractivity contribution in [2.75, 3.05) is 6.54 Å². The lowest BCUT2D eigenvalue weighted by molar-refractivity contribution is -0.384. The molecule has 0 spiro atoms. The Bertz CT molecular complexity index is 377. The number of non-ortho nitro benzene ring substituents is 1. The first-order valence-electron chi connectivity index (χ1n) is 5.59. The van der Waals surface area contributed by atoms with Crippen molar-refractivity contribution in [3.63, 3.8) is 0 Å². The molecule has 86 valence electrons. The molecule has 4 heteroatoms. The monoisotopic (exact) mass is 220 g/mol. The highest BCUT2D eigenvalue weighted by Gasteiger charge is 2.35. The molecule has 0 atom stereocenters. The Morgan fingerprint density at radius 1 is 1.31 bits per heavy atom. The van der Waals surface area contributed by atoms with Gasteiger partial charge >= 0.3 is 0 Å². The molecule has 1 aromatic carbocycles. The topological polar surface area (TPSA) is 69.2 Å². The number of nitro benzene ring substituents is 1. The van der Waals surface area contributed by atoms with Crippen LogP contribution < -0.4 is 5.73 Å². The van der Waals surface area contributed by atoms with E-state index in [1.807, 2.05) is 12.1 Å². The number of benzene rings is 1. The van der Waals surface area contributed by atoms with Crippen molar-refractivity contribution in [2.45, 2.75) is 25.7 Å². The first-order chi connectivity index (χ1) is 7.65. The normalized spacial score (nSPS) is 17.8. The Morgan fingerprint density at radius 2 is 1.94 bits per heavy atom. The molecule has 1 aliphatic rings. The molecule has 16 heavy (non-hydrogen) atoms. The highest BCUT2D eigenvalue weighted by molar-refractivity contribution is 5.33. The first-order valence-corrected chi connectivity index (χ1v) is 5.59. The van der Waals surface area contributed by atoms with Gasteiger partial charge in [-0.1, -0.05) is 18.6 Å². The summed E-state index contributed by atoms with van der Waals surface area (Å²) in [6, 6.07) is 6.82. The molecular formula is C12H16N2O2. The third-order valence-corrected chi connectivity index (χ3v) is 3.57. The fraction of sp³-hybridized carbons (Fsp3) is 0.500. The van der Waals surface area contributed by atoms with E-state index in [-0.39, 0.29) is 16.0 Å². The van der Waals surface area contributed by atoms with E-state index < -0.39 is 0 Å². The molecule has 2 rings (SSSR count). The lowest BCUT2D eigenvalue weighted by Gasteiger charge is -2.41. The van der Waals surface area contributed by atoms with E-state index in [9.17, 15) is 10.1 Å². The highest BCUT2D eigenvalue weighted by atomic mass is 16.6. The maximum Gasteiger partial charge on any atom is 0.269 e. The Kier molecular flexibility index (Phi) is 2.92. The SMILES string of the molecule is NCC1(Cc2ccc([N+](=O)[O-])cc2)CCC1. The average Bonchev–Trinajstić information content (AvgIpc) is 2.24. The molecule has 0 heterocycles. The maximum absolute atomic E-state index is 10.5. The minimum Gasteiger partial charge on any atom is -0.330 e. The summed E-state index contributed by atoms with van der Waals surface area (Å²) in [5.41, 5.74) is 7.35. The van der Waals surface area contributed by atoms with Gasteiger partial charge in [0.2, 0.25) is 0 Å². The molecule has 1 saturated carbocycles. The molecule has 1 aromatic rings. The standard InChI is InChI=1S/C12H16N2O2/c13-9-12(6-1-7-12)8-10-2-4-11(5-3-10)14(15)16/h2-5H,1,6-9,13H2. The second-order valence-electron chi connectivity index (χ2n) is 4.66. The summed E-state index contributed by atoms with van der Waals surface area (Å²) in [5.74, 6) is 0.